The number of ketones is 1. The lowest BCUT2D eigenvalue weighted by Gasteiger charge is -2.34. The molecule has 1 saturated heterocycles. The monoisotopic (exact) mass is 500 g/mol. The van der Waals surface area contributed by atoms with Crippen LogP contribution in [0.3, 0.4) is 0 Å². The van der Waals surface area contributed by atoms with Crippen molar-refractivity contribution in [3.8, 4) is 11.5 Å². The zero-order chi connectivity index (χ0) is 25.6. The van der Waals surface area contributed by atoms with Gasteiger partial charge in [0.2, 0.25) is 0 Å². The molecule has 0 aliphatic carbocycles. The van der Waals surface area contributed by atoms with Crippen LogP contribution >= 0.6 is 0 Å². The van der Waals surface area contributed by atoms with Gasteiger partial charge < -0.3 is 4.90 Å². The summed E-state index contributed by atoms with van der Waals surface area (Å²) in [4.78, 5) is 17.1. The standard InChI is InChI=1S/C28H35F3N2OSi/c1-5-32-12-14-33(15-13-32)21-25-10-9-24(20-27(25)28(29,30)31)19-26(34)18-23-8-6-7-22(17-23)11-16-35(2,3)4/h6-10,17,20H,5,12-15,18-19,21H2,1-4H3. The molecule has 1 aliphatic heterocycles. The van der Waals surface area contributed by atoms with E-state index in [1.165, 1.54) is 0 Å². The second-order valence-electron chi connectivity index (χ2n) is 10.3. The van der Waals surface area contributed by atoms with E-state index in [4.69, 9.17) is 0 Å². The predicted octanol–water partition coefficient (Wildman–Crippen LogP) is 5.43. The van der Waals surface area contributed by atoms with Crippen LogP contribution in [0.1, 0.15) is 34.7 Å². The minimum Gasteiger partial charge on any atom is -0.301 e. The lowest BCUT2D eigenvalue weighted by Crippen LogP contribution is -2.45. The van der Waals surface area contributed by atoms with Gasteiger partial charge in [0.15, 0.2) is 0 Å². The molecule has 7 heteroatoms. The lowest BCUT2D eigenvalue weighted by atomic mass is 9.97. The van der Waals surface area contributed by atoms with E-state index < -0.39 is 19.8 Å². The summed E-state index contributed by atoms with van der Waals surface area (Å²) < 4.78 is 41.6. The number of halogens is 3. The van der Waals surface area contributed by atoms with E-state index >= 15 is 0 Å². The fourth-order valence-corrected chi connectivity index (χ4v) is 4.70. The van der Waals surface area contributed by atoms with E-state index in [2.05, 4.69) is 47.8 Å². The number of likely N-dealkylation sites (N-methyl/N-ethyl adjacent to an activating group) is 1. The van der Waals surface area contributed by atoms with Crippen molar-refractivity contribution >= 4 is 13.9 Å². The maximum absolute atomic E-state index is 13.9. The highest BCUT2D eigenvalue weighted by molar-refractivity contribution is 6.83. The van der Waals surface area contributed by atoms with Gasteiger partial charge in [-0.1, -0.05) is 56.8 Å². The number of rotatable bonds is 7. The van der Waals surface area contributed by atoms with Crippen molar-refractivity contribution in [3.63, 3.8) is 0 Å². The van der Waals surface area contributed by atoms with Gasteiger partial charge in [-0.15, -0.1) is 5.54 Å². The molecule has 0 amide bonds. The van der Waals surface area contributed by atoms with Gasteiger partial charge in [0.1, 0.15) is 13.9 Å². The summed E-state index contributed by atoms with van der Waals surface area (Å²) in [6.07, 6.45) is -4.31. The normalized spacial score (nSPS) is 15.5. The summed E-state index contributed by atoms with van der Waals surface area (Å²) in [5, 5.41) is 0. The summed E-state index contributed by atoms with van der Waals surface area (Å²) in [6.45, 7) is 13.1. The van der Waals surface area contributed by atoms with Crippen molar-refractivity contribution in [3.05, 3.63) is 70.3 Å². The summed E-state index contributed by atoms with van der Waals surface area (Å²) in [5.74, 6) is 3.07. The summed E-state index contributed by atoms with van der Waals surface area (Å²) in [6, 6.07) is 11.9. The van der Waals surface area contributed by atoms with Gasteiger partial charge in [0.05, 0.1) is 5.56 Å². The second-order valence-corrected chi connectivity index (χ2v) is 15.0. The number of piperazine rings is 1. The van der Waals surface area contributed by atoms with E-state index in [-0.39, 0.29) is 30.7 Å². The Balaban J connectivity index is 1.69. The summed E-state index contributed by atoms with van der Waals surface area (Å²) >= 11 is 0. The number of nitrogens with zero attached hydrogens (tertiary/aromatic N) is 2. The molecule has 188 valence electrons. The summed E-state index contributed by atoms with van der Waals surface area (Å²) in [5.41, 5.74) is 5.04. The molecule has 0 radical (unpaired) electrons. The molecule has 1 heterocycles. The third-order valence-electron chi connectivity index (χ3n) is 6.10. The molecule has 0 N–H and O–H groups in total. The number of benzene rings is 2. The van der Waals surface area contributed by atoms with E-state index in [1.807, 2.05) is 24.3 Å². The molecular weight excluding hydrogens is 465 g/mol. The molecule has 1 aliphatic rings. The van der Waals surface area contributed by atoms with Crippen molar-refractivity contribution in [2.45, 2.75) is 52.1 Å². The van der Waals surface area contributed by atoms with Gasteiger partial charge in [-0.2, -0.15) is 13.2 Å². The van der Waals surface area contributed by atoms with Crippen LogP contribution in [0.25, 0.3) is 0 Å². The first-order chi connectivity index (χ1) is 16.4. The highest BCUT2D eigenvalue weighted by atomic mass is 28.3. The van der Waals surface area contributed by atoms with Crippen molar-refractivity contribution in [2.24, 2.45) is 0 Å². The number of hydrogen-bond donors (Lipinski definition) is 0. The van der Waals surface area contributed by atoms with Crippen LogP contribution in [0.15, 0.2) is 42.5 Å². The van der Waals surface area contributed by atoms with Crippen molar-refractivity contribution in [2.75, 3.05) is 32.7 Å². The molecule has 0 spiro atoms. The third-order valence-corrected chi connectivity index (χ3v) is 6.97. The van der Waals surface area contributed by atoms with Gasteiger partial charge in [0, 0.05) is 51.1 Å². The highest BCUT2D eigenvalue weighted by Gasteiger charge is 2.34. The number of carbonyl (C=O) groups excluding carboxylic acids is 1. The molecule has 3 nitrogen and oxygen atoms in total. The van der Waals surface area contributed by atoms with E-state index in [0.717, 1.165) is 49.9 Å². The topological polar surface area (TPSA) is 23.6 Å². The maximum atomic E-state index is 13.9. The van der Waals surface area contributed by atoms with E-state index in [9.17, 15) is 18.0 Å². The second kappa shape index (κ2) is 11.6. The predicted molar refractivity (Wildman–Crippen MR) is 138 cm³/mol. The fourth-order valence-electron chi connectivity index (χ4n) is 4.18. The molecule has 2 aromatic carbocycles. The smallest absolute Gasteiger partial charge is 0.301 e. The van der Waals surface area contributed by atoms with Crippen molar-refractivity contribution in [1.82, 2.24) is 9.80 Å². The zero-order valence-corrected chi connectivity index (χ0v) is 22.1. The highest BCUT2D eigenvalue weighted by Crippen LogP contribution is 2.33. The number of Topliss-reactive ketones (excluding diaryl/α,β-unsaturated/α-hetero) is 1. The Morgan fingerprint density at radius 3 is 2.17 bits per heavy atom. The Labute approximate surface area is 208 Å². The minimum atomic E-state index is -4.46. The molecule has 35 heavy (non-hydrogen) atoms. The Kier molecular flexibility index (Phi) is 8.98. The molecular formula is C28H35F3N2OSi. The van der Waals surface area contributed by atoms with Crippen LogP contribution in [-0.2, 0) is 30.4 Å². The van der Waals surface area contributed by atoms with Crippen LogP contribution in [0.2, 0.25) is 19.6 Å². The van der Waals surface area contributed by atoms with Crippen molar-refractivity contribution in [1.29, 1.82) is 0 Å². The first kappa shape index (κ1) is 27.2. The molecule has 0 unspecified atom stereocenters. The van der Waals surface area contributed by atoms with Crippen LogP contribution in [0, 0.1) is 11.5 Å². The SMILES string of the molecule is CCN1CCN(Cc2ccc(CC(=O)Cc3cccc(C#C[Si](C)(C)C)c3)cc2C(F)(F)F)CC1. The molecule has 2 aromatic rings. The van der Waals surface area contributed by atoms with Gasteiger partial charge in [-0.3, -0.25) is 9.69 Å². The van der Waals surface area contributed by atoms with Gasteiger partial charge in [0.25, 0.3) is 0 Å². The Morgan fingerprint density at radius 1 is 0.943 bits per heavy atom. The minimum absolute atomic E-state index is 0.0245. The first-order valence-electron chi connectivity index (χ1n) is 12.2. The van der Waals surface area contributed by atoms with E-state index in [1.54, 1.807) is 12.1 Å². The Morgan fingerprint density at radius 2 is 1.57 bits per heavy atom. The van der Waals surface area contributed by atoms with Crippen LogP contribution in [-0.4, -0.2) is 56.4 Å². The molecule has 0 bridgehead atoms. The zero-order valence-electron chi connectivity index (χ0n) is 21.1. The largest absolute Gasteiger partial charge is 0.416 e. The Hall–Kier alpha value is -2.40. The average Bonchev–Trinajstić information content (AvgIpc) is 2.78. The number of hydrogen-bond acceptors (Lipinski definition) is 3. The lowest BCUT2D eigenvalue weighted by molar-refractivity contribution is -0.138. The molecule has 0 aromatic heterocycles. The first-order valence-corrected chi connectivity index (χ1v) is 15.7. The third kappa shape index (κ3) is 8.64. The van der Waals surface area contributed by atoms with E-state index in [0.29, 0.717) is 5.56 Å². The number of alkyl halides is 3. The fraction of sp³-hybridized carbons (Fsp3) is 0.464. The van der Waals surface area contributed by atoms with Crippen molar-refractivity contribution < 1.29 is 18.0 Å². The molecule has 3 rings (SSSR count). The number of carbonyl (C=O) groups is 1. The van der Waals surface area contributed by atoms with Gasteiger partial charge >= 0.3 is 6.18 Å². The quantitative estimate of drug-likeness (QED) is 0.374. The maximum Gasteiger partial charge on any atom is 0.416 e. The van der Waals surface area contributed by atoms with Crippen LogP contribution in [0.4, 0.5) is 13.2 Å². The summed E-state index contributed by atoms with van der Waals surface area (Å²) in [7, 11) is -1.51. The molecule has 0 atom stereocenters. The molecule has 1 fully saturated rings. The van der Waals surface area contributed by atoms with Crippen LogP contribution in [0.5, 0.6) is 0 Å². The average molecular weight is 501 g/mol. The molecule has 0 saturated carbocycles. The van der Waals surface area contributed by atoms with Gasteiger partial charge in [-0.05, 0) is 41.4 Å². The Bertz CT molecular complexity index is 1090. The van der Waals surface area contributed by atoms with Gasteiger partial charge in [-0.25, -0.2) is 0 Å². The van der Waals surface area contributed by atoms with Crippen LogP contribution < -0.4 is 0 Å².